The lowest BCUT2D eigenvalue weighted by atomic mass is 10.0. The zero-order valence-corrected chi connectivity index (χ0v) is 10.1. The van der Waals surface area contributed by atoms with E-state index >= 15 is 0 Å². The minimum Gasteiger partial charge on any atom is -0.379 e. The molecule has 2 unspecified atom stereocenters. The van der Waals surface area contributed by atoms with Crippen molar-refractivity contribution in [1.82, 2.24) is 4.90 Å². The number of nitrogens with zero attached hydrogens (tertiary/aromatic N) is 1. The van der Waals surface area contributed by atoms with E-state index in [9.17, 15) is 4.39 Å². The Bertz CT molecular complexity index is 355. The van der Waals surface area contributed by atoms with Gasteiger partial charge in [0, 0.05) is 25.2 Å². The Labute approximate surface area is 101 Å². The summed E-state index contributed by atoms with van der Waals surface area (Å²) in [6.07, 6.45) is 0. The molecule has 0 saturated carbocycles. The summed E-state index contributed by atoms with van der Waals surface area (Å²) in [4.78, 5) is 2.33. The van der Waals surface area contributed by atoms with Crippen molar-refractivity contribution in [2.45, 2.75) is 19.0 Å². The average molecular weight is 238 g/mol. The first-order valence-electron chi connectivity index (χ1n) is 6.01. The van der Waals surface area contributed by atoms with Gasteiger partial charge in [0.2, 0.25) is 0 Å². The molecule has 0 bridgehead atoms. The van der Waals surface area contributed by atoms with Gasteiger partial charge in [0.15, 0.2) is 0 Å². The van der Waals surface area contributed by atoms with Gasteiger partial charge in [-0.15, -0.1) is 0 Å². The molecule has 0 amide bonds. The van der Waals surface area contributed by atoms with Gasteiger partial charge in [-0.3, -0.25) is 4.90 Å². The Hall–Kier alpha value is -0.970. The Morgan fingerprint density at radius 2 is 2.18 bits per heavy atom. The molecule has 0 radical (unpaired) electrons. The second kappa shape index (κ2) is 5.58. The lowest BCUT2D eigenvalue weighted by Crippen LogP contribution is -2.47. The normalized spacial score (nSPS) is 23.6. The van der Waals surface area contributed by atoms with Gasteiger partial charge in [0.25, 0.3) is 0 Å². The van der Waals surface area contributed by atoms with E-state index in [1.807, 2.05) is 12.1 Å². The highest BCUT2D eigenvalue weighted by Gasteiger charge is 2.26. The first-order valence-corrected chi connectivity index (χ1v) is 6.01. The van der Waals surface area contributed by atoms with Crippen LogP contribution in [0.15, 0.2) is 24.3 Å². The zero-order chi connectivity index (χ0) is 12.3. The summed E-state index contributed by atoms with van der Waals surface area (Å²) in [5, 5.41) is 0. The number of hydrogen-bond donors (Lipinski definition) is 1. The van der Waals surface area contributed by atoms with E-state index in [1.54, 1.807) is 0 Å². The summed E-state index contributed by atoms with van der Waals surface area (Å²) in [5.41, 5.74) is 6.93. The van der Waals surface area contributed by atoms with Crippen molar-refractivity contribution in [3.63, 3.8) is 0 Å². The van der Waals surface area contributed by atoms with Gasteiger partial charge in [-0.1, -0.05) is 12.1 Å². The van der Waals surface area contributed by atoms with Crippen LogP contribution in [0.5, 0.6) is 0 Å². The predicted molar refractivity (Wildman–Crippen MR) is 65.2 cm³/mol. The van der Waals surface area contributed by atoms with Crippen LogP contribution in [0.1, 0.15) is 18.5 Å². The summed E-state index contributed by atoms with van der Waals surface area (Å²) in [6.45, 7) is 5.02. The fourth-order valence-electron chi connectivity index (χ4n) is 2.35. The maximum atomic E-state index is 12.9. The van der Waals surface area contributed by atoms with Crippen molar-refractivity contribution >= 4 is 0 Å². The monoisotopic (exact) mass is 238 g/mol. The van der Waals surface area contributed by atoms with Crippen LogP contribution in [-0.2, 0) is 4.74 Å². The minimum absolute atomic E-state index is 0.148. The van der Waals surface area contributed by atoms with Gasteiger partial charge in [0.05, 0.1) is 13.2 Å². The van der Waals surface area contributed by atoms with E-state index in [0.717, 1.165) is 25.3 Å². The molecular formula is C13H19FN2O. The molecule has 1 aliphatic rings. The van der Waals surface area contributed by atoms with Crippen molar-refractivity contribution in [2.75, 3.05) is 26.3 Å². The van der Waals surface area contributed by atoms with Crippen LogP contribution in [0, 0.1) is 5.82 Å². The van der Waals surface area contributed by atoms with Gasteiger partial charge < -0.3 is 10.5 Å². The molecule has 2 N–H and O–H groups in total. The third-order valence-electron chi connectivity index (χ3n) is 3.30. The molecule has 17 heavy (non-hydrogen) atoms. The van der Waals surface area contributed by atoms with Crippen LogP contribution in [0.2, 0.25) is 0 Å². The van der Waals surface area contributed by atoms with E-state index in [0.29, 0.717) is 12.6 Å². The number of morpholine rings is 1. The second-order valence-electron chi connectivity index (χ2n) is 4.46. The van der Waals surface area contributed by atoms with Gasteiger partial charge in [-0.25, -0.2) is 4.39 Å². The van der Waals surface area contributed by atoms with E-state index in [4.69, 9.17) is 10.5 Å². The number of nitrogens with two attached hydrogens (primary N) is 1. The van der Waals surface area contributed by atoms with Gasteiger partial charge in [-0.05, 0) is 24.6 Å². The number of ether oxygens (including phenoxy) is 1. The molecule has 2 rings (SSSR count). The first kappa shape index (κ1) is 12.5. The molecule has 3 nitrogen and oxygen atoms in total. The third-order valence-corrected chi connectivity index (χ3v) is 3.30. The summed E-state index contributed by atoms with van der Waals surface area (Å²) in [7, 11) is 0. The highest BCUT2D eigenvalue weighted by atomic mass is 19.1. The molecule has 0 aromatic heterocycles. The van der Waals surface area contributed by atoms with Crippen molar-refractivity contribution in [3.05, 3.63) is 35.6 Å². The fourth-order valence-corrected chi connectivity index (χ4v) is 2.35. The molecule has 0 aliphatic carbocycles. The van der Waals surface area contributed by atoms with Crippen LogP contribution >= 0.6 is 0 Å². The molecule has 94 valence electrons. The molecular weight excluding hydrogens is 219 g/mol. The quantitative estimate of drug-likeness (QED) is 0.868. The highest BCUT2D eigenvalue weighted by Crippen LogP contribution is 2.24. The van der Waals surface area contributed by atoms with E-state index in [1.165, 1.54) is 12.1 Å². The molecule has 1 saturated heterocycles. The Morgan fingerprint density at radius 3 is 2.76 bits per heavy atom. The number of halogens is 1. The molecule has 0 spiro atoms. The fraction of sp³-hybridized carbons (Fsp3) is 0.538. The van der Waals surface area contributed by atoms with Crippen LogP contribution in [0.3, 0.4) is 0 Å². The summed E-state index contributed by atoms with van der Waals surface area (Å²) >= 11 is 0. The smallest absolute Gasteiger partial charge is 0.123 e. The lowest BCUT2D eigenvalue weighted by molar-refractivity contribution is -0.0209. The SMILES string of the molecule is CC1COCCN1C(CN)c1ccc(F)cc1. The zero-order valence-electron chi connectivity index (χ0n) is 10.1. The maximum absolute atomic E-state index is 12.9. The minimum atomic E-state index is -0.209. The molecule has 1 aliphatic heterocycles. The lowest BCUT2D eigenvalue weighted by Gasteiger charge is -2.39. The predicted octanol–water partition coefficient (Wildman–Crippen LogP) is 1.55. The molecule has 1 fully saturated rings. The van der Waals surface area contributed by atoms with Gasteiger partial charge in [-0.2, -0.15) is 0 Å². The number of benzene rings is 1. The van der Waals surface area contributed by atoms with E-state index in [-0.39, 0.29) is 11.9 Å². The van der Waals surface area contributed by atoms with Gasteiger partial charge in [0.1, 0.15) is 5.82 Å². The Balaban J connectivity index is 2.17. The molecule has 1 heterocycles. The summed E-state index contributed by atoms with van der Waals surface area (Å²) in [5.74, 6) is -0.209. The Morgan fingerprint density at radius 1 is 1.47 bits per heavy atom. The van der Waals surface area contributed by atoms with Crippen molar-refractivity contribution in [1.29, 1.82) is 0 Å². The van der Waals surface area contributed by atoms with Crippen LogP contribution in [-0.4, -0.2) is 37.2 Å². The first-order chi connectivity index (χ1) is 8.22. The standard InChI is InChI=1S/C13H19FN2O/c1-10-9-17-7-6-16(10)13(8-15)11-2-4-12(14)5-3-11/h2-5,10,13H,6-9,15H2,1H3. The number of hydrogen-bond acceptors (Lipinski definition) is 3. The number of rotatable bonds is 3. The van der Waals surface area contributed by atoms with Crippen LogP contribution in [0.4, 0.5) is 4.39 Å². The summed E-state index contributed by atoms with van der Waals surface area (Å²) in [6, 6.07) is 7.10. The van der Waals surface area contributed by atoms with Crippen molar-refractivity contribution in [3.8, 4) is 0 Å². The third kappa shape index (κ3) is 2.83. The molecule has 2 atom stereocenters. The molecule has 4 heteroatoms. The molecule has 1 aromatic rings. The van der Waals surface area contributed by atoms with Crippen LogP contribution < -0.4 is 5.73 Å². The van der Waals surface area contributed by atoms with E-state index in [2.05, 4.69) is 11.8 Å². The van der Waals surface area contributed by atoms with E-state index < -0.39 is 0 Å². The maximum Gasteiger partial charge on any atom is 0.123 e. The van der Waals surface area contributed by atoms with Crippen LogP contribution in [0.25, 0.3) is 0 Å². The van der Waals surface area contributed by atoms with Crippen molar-refractivity contribution in [2.24, 2.45) is 5.73 Å². The highest BCUT2D eigenvalue weighted by molar-refractivity contribution is 5.20. The largest absolute Gasteiger partial charge is 0.379 e. The average Bonchev–Trinajstić information content (AvgIpc) is 2.35. The molecule has 1 aromatic carbocycles. The Kier molecular flexibility index (Phi) is 4.10. The second-order valence-corrected chi connectivity index (χ2v) is 4.46. The van der Waals surface area contributed by atoms with Gasteiger partial charge >= 0.3 is 0 Å². The van der Waals surface area contributed by atoms with Crippen molar-refractivity contribution < 1.29 is 9.13 Å². The topological polar surface area (TPSA) is 38.5 Å². The summed E-state index contributed by atoms with van der Waals surface area (Å²) < 4.78 is 18.3.